The molecular formula is C30H39N5O5. The number of carbonyl (C=O) groups is 4. The van der Waals surface area contributed by atoms with E-state index in [1.807, 2.05) is 42.5 Å². The molecule has 0 radical (unpaired) electrons. The average Bonchev–Trinajstić information content (AvgIpc) is 3.46. The number of aromatic nitrogens is 1. The molecule has 4 amide bonds. The first-order valence-corrected chi connectivity index (χ1v) is 14.1. The number of hydrogen-bond acceptors (Lipinski definition) is 6. The first kappa shape index (κ1) is 29.2. The van der Waals surface area contributed by atoms with Gasteiger partial charge >= 0.3 is 0 Å². The van der Waals surface area contributed by atoms with Crippen molar-refractivity contribution < 1.29 is 24.3 Å². The van der Waals surface area contributed by atoms with Crippen molar-refractivity contribution >= 4 is 23.6 Å². The zero-order valence-electron chi connectivity index (χ0n) is 23.2. The van der Waals surface area contributed by atoms with Gasteiger partial charge in [-0.3, -0.25) is 24.2 Å². The Bertz CT molecular complexity index is 1200. The van der Waals surface area contributed by atoms with E-state index in [-0.39, 0.29) is 31.3 Å². The molecule has 1 aromatic heterocycles. The number of benzene rings is 1. The van der Waals surface area contributed by atoms with E-state index in [0.29, 0.717) is 38.6 Å². The summed E-state index contributed by atoms with van der Waals surface area (Å²) in [6.07, 6.45) is 4.71. The van der Waals surface area contributed by atoms with Crippen LogP contribution in [0, 0.1) is 0 Å². The summed E-state index contributed by atoms with van der Waals surface area (Å²) in [6, 6.07) is 10.9. The highest BCUT2D eigenvalue weighted by Gasteiger charge is 2.43. The predicted molar refractivity (Wildman–Crippen MR) is 150 cm³/mol. The summed E-state index contributed by atoms with van der Waals surface area (Å²) in [5, 5.41) is 17.8. The van der Waals surface area contributed by atoms with Crippen LogP contribution in [0.5, 0.6) is 0 Å². The molecule has 4 N–H and O–H groups in total. The smallest absolute Gasteiger partial charge is 0.246 e. The molecular weight excluding hydrogens is 510 g/mol. The van der Waals surface area contributed by atoms with Crippen molar-refractivity contribution in [3.8, 4) is 11.3 Å². The lowest BCUT2D eigenvalue weighted by Crippen LogP contribution is -2.65. The maximum atomic E-state index is 13.9. The van der Waals surface area contributed by atoms with Crippen LogP contribution >= 0.6 is 0 Å². The van der Waals surface area contributed by atoms with Crippen molar-refractivity contribution in [3.63, 3.8) is 0 Å². The minimum Gasteiger partial charge on any atom is -0.396 e. The summed E-state index contributed by atoms with van der Waals surface area (Å²) < 4.78 is 0. The van der Waals surface area contributed by atoms with Crippen LogP contribution in [0.3, 0.4) is 0 Å². The molecule has 0 unspecified atom stereocenters. The molecule has 2 aliphatic heterocycles. The summed E-state index contributed by atoms with van der Waals surface area (Å²) >= 11 is 0. The average molecular weight is 550 g/mol. The molecule has 10 heteroatoms. The van der Waals surface area contributed by atoms with E-state index < -0.39 is 35.5 Å². The van der Waals surface area contributed by atoms with E-state index in [9.17, 15) is 24.3 Å². The fourth-order valence-electron chi connectivity index (χ4n) is 5.26. The van der Waals surface area contributed by atoms with E-state index in [1.54, 1.807) is 20.0 Å². The summed E-state index contributed by atoms with van der Waals surface area (Å²) in [4.78, 5) is 60.1. The lowest BCUT2D eigenvalue weighted by Gasteiger charge is -2.36. The molecule has 2 saturated heterocycles. The van der Waals surface area contributed by atoms with Gasteiger partial charge in [0.05, 0.1) is 5.69 Å². The molecule has 1 aromatic carbocycles. The van der Waals surface area contributed by atoms with Crippen molar-refractivity contribution in [1.82, 2.24) is 25.8 Å². The Kier molecular flexibility index (Phi) is 9.52. The van der Waals surface area contributed by atoms with Crippen molar-refractivity contribution in [1.29, 1.82) is 0 Å². The zero-order valence-corrected chi connectivity index (χ0v) is 23.2. The van der Waals surface area contributed by atoms with E-state index in [2.05, 4.69) is 20.9 Å². The number of aliphatic hydroxyl groups excluding tert-OH is 1. The lowest BCUT2D eigenvalue weighted by molar-refractivity contribution is -0.144. The highest BCUT2D eigenvalue weighted by Crippen LogP contribution is 2.23. The maximum Gasteiger partial charge on any atom is 0.246 e. The third-order valence-corrected chi connectivity index (χ3v) is 7.94. The van der Waals surface area contributed by atoms with Crippen LogP contribution in [0.2, 0.25) is 0 Å². The highest BCUT2D eigenvalue weighted by molar-refractivity contribution is 5.99. The number of carbonyl (C=O) groups excluding carboxylic acids is 4. The van der Waals surface area contributed by atoms with Gasteiger partial charge in [0, 0.05) is 31.3 Å². The maximum absolute atomic E-state index is 13.9. The van der Waals surface area contributed by atoms with Gasteiger partial charge < -0.3 is 26.0 Å². The summed E-state index contributed by atoms with van der Waals surface area (Å²) in [5.41, 5.74) is 1.32. The summed E-state index contributed by atoms with van der Waals surface area (Å²) in [5.74, 6) is -1.60. The van der Waals surface area contributed by atoms with Crippen LogP contribution in [0.1, 0.15) is 57.9 Å². The van der Waals surface area contributed by atoms with E-state index in [4.69, 9.17) is 0 Å². The van der Waals surface area contributed by atoms with Gasteiger partial charge in [-0.25, -0.2) is 0 Å². The van der Waals surface area contributed by atoms with Crippen LogP contribution in [0.25, 0.3) is 11.3 Å². The Balaban J connectivity index is 1.62. The second-order valence-electron chi connectivity index (χ2n) is 10.8. The first-order valence-electron chi connectivity index (χ1n) is 14.1. The van der Waals surface area contributed by atoms with Gasteiger partial charge in [-0.1, -0.05) is 37.3 Å². The predicted octanol–water partition coefficient (Wildman–Crippen LogP) is 1.71. The minimum absolute atomic E-state index is 0.0183. The molecule has 40 heavy (non-hydrogen) atoms. The number of nitrogens with one attached hydrogen (secondary N) is 3. The second kappa shape index (κ2) is 13.0. The number of rotatable bonds is 8. The van der Waals surface area contributed by atoms with Crippen LogP contribution < -0.4 is 16.0 Å². The van der Waals surface area contributed by atoms with Crippen molar-refractivity contribution in [2.75, 3.05) is 13.2 Å². The van der Waals surface area contributed by atoms with E-state index >= 15 is 0 Å². The van der Waals surface area contributed by atoms with Crippen molar-refractivity contribution in [3.05, 3.63) is 54.2 Å². The van der Waals surface area contributed by atoms with Crippen LogP contribution in [-0.2, 0) is 25.6 Å². The number of unbranched alkanes of at least 4 members (excludes halogenated alkanes) is 1. The third-order valence-electron chi connectivity index (χ3n) is 7.94. The number of nitrogens with zero attached hydrogens (tertiary/aromatic N) is 2. The van der Waals surface area contributed by atoms with Gasteiger partial charge in [0.15, 0.2) is 0 Å². The number of hydrogen-bond donors (Lipinski definition) is 4. The van der Waals surface area contributed by atoms with Gasteiger partial charge in [-0.05, 0) is 63.1 Å². The topological polar surface area (TPSA) is 141 Å². The molecule has 0 saturated carbocycles. The number of amides is 4. The molecule has 2 fully saturated rings. The van der Waals surface area contributed by atoms with E-state index in [0.717, 1.165) is 16.8 Å². The number of fused-ring (bicyclic) bond motifs is 1. The lowest BCUT2D eigenvalue weighted by atomic mass is 9.94. The largest absolute Gasteiger partial charge is 0.396 e. The van der Waals surface area contributed by atoms with Gasteiger partial charge in [0.25, 0.3) is 0 Å². The van der Waals surface area contributed by atoms with Gasteiger partial charge in [-0.15, -0.1) is 0 Å². The van der Waals surface area contributed by atoms with Gasteiger partial charge in [0.2, 0.25) is 23.6 Å². The summed E-state index contributed by atoms with van der Waals surface area (Å²) in [7, 11) is 0. The Hall–Kier alpha value is -3.79. The molecule has 2 aromatic rings. The standard InChI is InChI=1S/C30H39N5O5/c1-3-30(2)29(40)33-24(19-20-12-14-21(15-13-20)22-9-4-6-16-31-22)28(39)35-17-8-11-25(35)27(38)32-23(26(37)34-30)10-5-7-18-36/h4,6,9,12-16,23-25,36H,3,5,7-8,10-11,17-19H2,1-2H3,(H,32,38)(H,33,40)(H,34,37)/t23-,24-,25+,30-/m0/s1. The Labute approximate surface area is 234 Å². The van der Waals surface area contributed by atoms with Crippen LogP contribution in [0.4, 0.5) is 0 Å². The minimum atomic E-state index is -1.29. The fraction of sp³-hybridized carbons (Fsp3) is 0.500. The molecule has 214 valence electrons. The molecule has 0 spiro atoms. The van der Waals surface area contributed by atoms with Gasteiger partial charge in [0.1, 0.15) is 23.7 Å². The van der Waals surface area contributed by atoms with Crippen LogP contribution in [-0.4, -0.2) is 75.4 Å². The zero-order chi connectivity index (χ0) is 28.7. The monoisotopic (exact) mass is 549 g/mol. The van der Waals surface area contributed by atoms with Crippen LogP contribution in [0.15, 0.2) is 48.7 Å². The highest BCUT2D eigenvalue weighted by atomic mass is 16.3. The third kappa shape index (κ3) is 6.67. The molecule has 4 rings (SSSR count). The molecule has 10 nitrogen and oxygen atoms in total. The number of aliphatic hydroxyl groups is 1. The van der Waals surface area contributed by atoms with Crippen molar-refractivity contribution in [2.45, 2.75) is 82.5 Å². The normalized spacial score (nSPS) is 25.8. The van der Waals surface area contributed by atoms with E-state index in [1.165, 1.54) is 4.90 Å². The molecule has 2 aliphatic rings. The van der Waals surface area contributed by atoms with Crippen molar-refractivity contribution in [2.24, 2.45) is 0 Å². The Morgan fingerprint density at radius 1 is 1.00 bits per heavy atom. The summed E-state index contributed by atoms with van der Waals surface area (Å²) in [6.45, 7) is 3.79. The number of pyridine rings is 1. The SMILES string of the molecule is CC[C@]1(C)NC(=O)[C@H](CCCCO)NC(=O)[C@H]2CCCN2C(=O)[C@H](Cc2ccc(-c3ccccn3)cc2)NC1=O. The molecule has 4 atom stereocenters. The van der Waals surface area contributed by atoms with Gasteiger partial charge in [-0.2, -0.15) is 0 Å². The second-order valence-corrected chi connectivity index (χ2v) is 10.8. The quantitative estimate of drug-likeness (QED) is 0.370. The Morgan fingerprint density at radius 2 is 1.77 bits per heavy atom. The molecule has 0 bridgehead atoms. The molecule has 0 aliphatic carbocycles. The Morgan fingerprint density at radius 3 is 2.45 bits per heavy atom. The molecule has 3 heterocycles. The fourth-order valence-corrected chi connectivity index (χ4v) is 5.26. The first-order chi connectivity index (χ1) is 19.3.